The third kappa shape index (κ3) is 4.24. The van der Waals surface area contributed by atoms with Gasteiger partial charge in [-0.05, 0) is 38.5 Å². The third-order valence-electron chi connectivity index (χ3n) is 3.27. The minimum absolute atomic E-state index is 0.359. The van der Waals surface area contributed by atoms with Crippen molar-refractivity contribution in [1.82, 2.24) is 9.97 Å². The average molecular weight is 321 g/mol. The molecule has 2 aromatic rings. The first kappa shape index (κ1) is 16.4. The van der Waals surface area contributed by atoms with Crippen LogP contribution in [0.15, 0.2) is 24.3 Å². The molecule has 0 bridgehead atoms. The number of aromatic nitrogens is 2. The lowest BCUT2D eigenvalue weighted by Gasteiger charge is -2.14. The van der Waals surface area contributed by atoms with Crippen LogP contribution in [0, 0.1) is 6.92 Å². The normalized spacial score (nSPS) is 11.9. The highest BCUT2D eigenvalue weighted by atomic mass is 35.5. The van der Waals surface area contributed by atoms with E-state index in [-0.39, 0.29) is 0 Å². The molecule has 0 amide bonds. The fraction of sp³-hybridized carbons (Fsp3) is 0.375. The maximum absolute atomic E-state index is 6.14. The molecule has 1 aromatic heterocycles. The monoisotopic (exact) mass is 320 g/mol. The number of hydrogen-bond donors (Lipinski definition) is 2. The smallest absolute Gasteiger partial charge is 0.137 e. The van der Waals surface area contributed by atoms with Gasteiger partial charge in [-0.3, -0.25) is 0 Å². The second-order valence-corrected chi connectivity index (χ2v) is 5.52. The van der Waals surface area contributed by atoms with Crippen LogP contribution in [0.5, 0.6) is 5.75 Å². The van der Waals surface area contributed by atoms with Gasteiger partial charge in [-0.1, -0.05) is 18.5 Å². The van der Waals surface area contributed by atoms with Crippen LogP contribution in [0.1, 0.15) is 26.1 Å². The zero-order chi connectivity index (χ0) is 16.1. The van der Waals surface area contributed by atoms with Crippen molar-refractivity contribution in [1.29, 1.82) is 0 Å². The maximum atomic E-state index is 6.14. The average Bonchev–Trinajstić information content (AvgIpc) is 2.46. The van der Waals surface area contributed by atoms with Gasteiger partial charge in [0.1, 0.15) is 23.2 Å². The highest BCUT2D eigenvalue weighted by Crippen LogP contribution is 2.28. The molecule has 0 aliphatic rings. The summed E-state index contributed by atoms with van der Waals surface area (Å²) in [5, 5.41) is 7.14. The van der Waals surface area contributed by atoms with E-state index in [4.69, 9.17) is 16.3 Å². The summed E-state index contributed by atoms with van der Waals surface area (Å²) in [6.45, 7) is 6.12. The first-order chi connectivity index (χ1) is 10.5. The quantitative estimate of drug-likeness (QED) is 0.826. The summed E-state index contributed by atoms with van der Waals surface area (Å²) < 4.78 is 5.15. The summed E-state index contributed by atoms with van der Waals surface area (Å²) in [5.74, 6) is 2.88. The van der Waals surface area contributed by atoms with Crippen LogP contribution in [-0.2, 0) is 0 Å². The number of anilines is 3. The van der Waals surface area contributed by atoms with Gasteiger partial charge in [-0.25, -0.2) is 9.97 Å². The minimum Gasteiger partial charge on any atom is -0.495 e. The van der Waals surface area contributed by atoms with Crippen molar-refractivity contribution in [3.8, 4) is 5.75 Å². The Hall–Kier alpha value is -2.01. The lowest BCUT2D eigenvalue weighted by Crippen LogP contribution is -2.15. The zero-order valence-corrected chi connectivity index (χ0v) is 14.0. The van der Waals surface area contributed by atoms with Crippen LogP contribution in [0.2, 0.25) is 5.02 Å². The fourth-order valence-corrected chi connectivity index (χ4v) is 2.21. The largest absolute Gasteiger partial charge is 0.495 e. The van der Waals surface area contributed by atoms with Crippen molar-refractivity contribution in [3.05, 3.63) is 35.1 Å². The van der Waals surface area contributed by atoms with Gasteiger partial charge in [-0.15, -0.1) is 0 Å². The molecule has 1 atom stereocenters. The number of halogens is 1. The van der Waals surface area contributed by atoms with Gasteiger partial charge in [0.15, 0.2) is 0 Å². The van der Waals surface area contributed by atoms with Gasteiger partial charge in [0.2, 0.25) is 0 Å². The molecule has 2 rings (SSSR count). The summed E-state index contributed by atoms with van der Waals surface area (Å²) >= 11 is 6.14. The standard InChI is InChI=1S/C16H21ClN4O/c1-5-10(2)18-15-9-16(20-11(3)19-15)21-12-6-7-14(22-4)13(17)8-12/h6-10H,5H2,1-4H3,(H2,18,19,20,21). The van der Waals surface area contributed by atoms with E-state index in [0.29, 0.717) is 22.6 Å². The molecule has 22 heavy (non-hydrogen) atoms. The second kappa shape index (κ2) is 7.31. The molecule has 0 saturated carbocycles. The summed E-state index contributed by atoms with van der Waals surface area (Å²) in [6, 6.07) is 7.76. The van der Waals surface area contributed by atoms with E-state index in [2.05, 4.69) is 34.4 Å². The van der Waals surface area contributed by atoms with E-state index in [0.717, 1.165) is 23.7 Å². The number of nitrogens with zero attached hydrogens (tertiary/aromatic N) is 2. The first-order valence-corrected chi connectivity index (χ1v) is 7.62. The SMILES string of the molecule is CCC(C)Nc1cc(Nc2ccc(OC)c(Cl)c2)nc(C)n1. The molecule has 0 aliphatic carbocycles. The Morgan fingerprint density at radius 2 is 1.95 bits per heavy atom. The Morgan fingerprint density at radius 1 is 1.23 bits per heavy atom. The number of methoxy groups -OCH3 is 1. The third-order valence-corrected chi connectivity index (χ3v) is 3.56. The molecule has 0 fully saturated rings. The molecule has 1 aromatic carbocycles. The fourth-order valence-electron chi connectivity index (χ4n) is 1.95. The molecular formula is C16H21ClN4O. The molecule has 0 radical (unpaired) electrons. The predicted octanol–water partition coefficient (Wildman–Crippen LogP) is 4.40. The Bertz CT molecular complexity index is 648. The molecule has 2 N–H and O–H groups in total. The molecular weight excluding hydrogens is 300 g/mol. The zero-order valence-electron chi connectivity index (χ0n) is 13.3. The van der Waals surface area contributed by atoms with Crippen molar-refractivity contribution < 1.29 is 4.74 Å². The number of rotatable bonds is 6. The van der Waals surface area contributed by atoms with Crippen LogP contribution in [0.25, 0.3) is 0 Å². The molecule has 0 saturated heterocycles. The lowest BCUT2D eigenvalue weighted by molar-refractivity contribution is 0.415. The summed E-state index contributed by atoms with van der Waals surface area (Å²) in [4.78, 5) is 8.80. The Labute approximate surface area is 136 Å². The molecule has 6 heteroatoms. The summed E-state index contributed by atoms with van der Waals surface area (Å²) in [5.41, 5.74) is 0.846. The summed E-state index contributed by atoms with van der Waals surface area (Å²) in [7, 11) is 1.59. The Morgan fingerprint density at radius 3 is 2.59 bits per heavy atom. The van der Waals surface area contributed by atoms with Crippen molar-refractivity contribution in [2.45, 2.75) is 33.2 Å². The van der Waals surface area contributed by atoms with Gasteiger partial charge in [0.25, 0.3) is 0 Å². The van der Waals surface area contributed by atoms with Crippen molar-refractivity contribution in [2.24, 2.45) is 0 Å². The van der Waals surface area contributed by atoms with Crippen molar-refractivity contribution in [3.63, 3.8) is 0 Å². The number of nitrogens with one attached hydrogen (secondary N) is 2. The van der Waals surface area contributed by atoms with E-state index in [1.54, 1.807) is 13.2 Å². The van der Waals surface area contributed by atoms with Gasteiger partial charge in [0.05, 0.1) is 12.1 Å². The van der Waals surface area contributed by atoms with E-state index in [9.17, 15) is 0 Å². The Kier molecular flexibility index (Phi) is 5.44. The minimum atomic E-state index is 0.359. The highest BCUT2D eigenvalue weighted by Gasteiger charge is 2.07. The molecule has 0 spiro atoms. The molecule has 0 aliphatic heterocycles. The van der Waals surface area contributed by atoms with Crippen LogP contribution >= 0.6 is 11.6 Å². The van der Waals surface area contributed by atoms with Crippen LogP contribution in [-0.4, -0.2) is 23.1 Å². The lowest BCUT2D eigenvalue weighted by atomic mass is 10.2. The van der Waals surface area contributed by atoms with Gasteiger partial charge >= 0.3 is 0 Å². The van der Waals surface area contributed by atoms with E-state index < -0.39 is 0 Å². The highest BCUT2D eigenvalue weighted by molar-refractivity contribution is 6.32. The van der Waals surface area contributed by atoms with E-state index in [1.165, 1.54) is 0 Å². The van der Waals surface area contributed by atoms with Gasteiger partial charge in [-0.2, -0.15) is 0 Å². The number of aryl methyl sites for hydroxylation is 1. The van der Waals surface area contributed by atoms with Crippen molar-refractivity contribution in [2.75, 3.05) is 17.7 Å². The molecule has 118 valence electrons. The van der Waals surface area contributed by atoms with Gasteiger partial charge < -0.3 is 15.4 Å². The van der Waals surface area contributed by atoms with E-state index >= 15 is 0 Å². The summed E-state index contributed by atoms with van der Waals surface area (Å²) in [6.07, 6.45) is 1.03. The second-order valence-electron chi connectivity index (χ2n) is 5.11. The molecule has 1 heterocycles. The molecule has 5 nitrogen and oxygen atoms in total. The number of hydrogen-bond acceptors (Lipinski definition) is 5. The Balaban J connectivity index is 2.20. The van der Waals surface area contributed by atoms with Crippen LogP contribution < -0.4 is 15.4 Å². The topological polar surface area (TPSA) is 59.1 Å². The maximum Gasteiger partial charge on any atom is 0.137 e. The van der Waals surface area contributed by atoms with E-state index in [1.807, 2.05) is 25.1 Å². The number of benzene rings is 1. The number of ether oxygens (including phenoxy) is 1. The van der Waals surface area contributed by atoms with Crippen LogP contribution in [0.3, 0.4) is 0 Å². The molecule has 1 unspecified atom stereocenters. The van der Waals surface area contributed by atoms with Gasteiger partial charge in [0, 0.05) is 17.8 Å². The van der Waals surface area contributed by atoms with Crippen LogP contribution in [0.4, 0.5) is 17.3 Å². The van der Waals surface area contributed by atoms with Crippen molar-refractivity contribution >= 4 is 28.9 Å². The predicted molar refractivity (Wildman–Crippen MR) is 91.4 cm³/mol. The first-order valence-electron chi connectivity index (χ1n) is 7.24.